The molecular formula is C20H17N3O2S. The van der Waals surface area contributed by atoms with Crippen molar-refractivity contribution in [3.63, 3.8) is 0 Å². The second-order valence-corrected chi connectivity index (χ2v) is 6.70. The minimum Gasteiger partial charge on any atom is -0.273 e. The summed E-state index contributed by atoms with van der Waals surface area (Å²) in [5, 5.41) is 9.17. The van der Waals surface area contributed by atoms with Crippen LogP contribution >= 0.6 is 11.8 Å². The van der Waals surface area contributed by atoms with Gasteiger partial charge in [-0.25, -0.2) is 4.79 Å². The summed E-state index contributed by atoms with van der Waals surface area (Å²) >= 11 is 1.60. The van der Waals surface area contributed by atoms with Gasteiger partial charge in [-0.05, 0) is 43.0 Å². The molecule has 1 aromatic heterocycles. The van der Waals surface area contributed by atoms with E-state index in [1.54, 1.807) is 11.8 Å². The molecule has 26 heavy (non-hydrogen) atoms. The Bertz CT molecular complexity index is 1090. The number of aromatic nitrogens is 2. The molecule has 0 bridgehead atoms. The van der Waals surface area contributed by atoms with E-state index in [1.165, 1.54) is 4.57 Å². The van der Waals surface area contributed by atoms with Crippen molar-refractivity contribution in [3.8, 4) is 23.0 Å². The van der Waals surface area contributed by atoms with Crippen molar-refractivity contribution in [3.05, 3.63) is 80.5 Å². The monoisotopic (exact) mass is 363 g/mol. The first-order chi connectivity index (χ1) is 12.5. The van der Waals surface area contributed by atoms with E-state index in [9.17, 15) is 9.59 Å². The summed E-state index contributed by atoms with van der Waals surface area (Å²) in [6.07, 6.45) is 1.89. The fourth-order valence-corrected chi connectivity index (χ4v) is 3.22. The number of aryl methyl sites for hydroxylation is 1. The normalized spacial score (nSPS) is 10.5. The number of H-pyrrole nitrogens is 1. The largest absolute Gasteiger partial charge is 0.333 e. The van der Waals surface area contributed by atoms with E-state index in [0.29, 0.717) is 11.4 Å². The van der Waals surface area contributed by atoms with Gasteiger partial charge in [0.05, 0.1) is 29.4 Å². The maximum atomic E-state index is 12.6. The number of rotatable bonds is 4. The minimum atomic E-state index is -0.524. The molecule has 0 aliphatic carbocycles. The molecule has 0 atom stereocenters. The number of thioether (sulfide) groups is 1. The molecule has 1 heterocycles. The predicted octanol–water partition coefficient (Wildman–Crippen LogP) is 3.29. The van der Waals surface area contributed by atoms with E-state index in [4.69, 9.17) is 5.26 Å². The van der Waals surface area contributed by atoms with Crippen molar-refractivity contribution in [1.82, 2.24) is 9.55 Å². The Morgan fingerprint density at radius 2 is 1.73 bits per heavy atom. The Morgan fingerprint density at radius 1 is 1.08 bits per heavy atom. The van der Waals surface area contributed by atoms with Gasteiger partial charge >= 0.3 is 5.69 Å². The third-order valence-corrected chi connectivity index (χ3v) is 4.86. The summed E-state index contributed by atoms with van der Waals surface area (Å²) < 4.78 is 1.46. The van der Waals surface area contributed by atoms with Crippen LogP contribution in [-0.4, -0.2) is 15.8 Å². The van der Waals surface area contributed by atoms with Gasteiger partial charge in [-0.2, -0.15) is 5.26 Å². The molecule has 0 fully saturated rings. The summed E-state index contributed by atoms with van der Waals surface area (Å²) in [5.74, 6) is 0. The van der Waals surface area contributed by atoms with Crippen molar-refractivity contribution >= 4 is 11.8 Å². The predicted molar refractivity (Wildman–Crippen MR) is 104 cm³/mol. The van der Waals surface area contributed by atoms with Crippen LogP contribution in [0.4, 0.5) is 0 Å². The van der Waals surface area contributed by atoms with Crippen LogP contribution in [-0.2, 0) is 6.42 Å². The minimum absolute atomic E-state index is 0.0816. The van der Waals surface area contributed by atoms with Gasteiger partial charge in [-0.3, -0.25) is 14.3 Å². The summed E-state index contributed by atoms with van der Waals surface area (Å²) in [7, 11) is 0. The topological polar surface area (TPSA) is 78.7 Å². The molecule has 0 aliphatic rings. The van der Waals surface area contributed by atoms with Crippen LogP contribution in [0.2, 0.25) is 0 Å². The summed E-state index contributed by atoms with van der Waals surface area (Å²) in [6.45, 7) is 1.96. The highest BCUT2D eigenvalue weighted by Gasteiger charge is 2.17. The average molecular weight is 363 g/mol. The molecule has 0 amide bonds. The Labute approximate surface area is 154 Å². The van der Waals surface area contributed by atoms with Crippen molar-refractivity contribution in [2.24, 2.45) is 0 Å². The maximum Gasteiger partial charge on any atom is 0.333 e. The first kappa shape index (κ1) is 17.8. The van der Waals surface area contributed by atoms with Gasteiger partial charge < -0.3 is 0 Å². The fraction of sp³-hybridized carbons (Fsp3) is 0.150. The zero-order valence-corrected chi connectivity index (χ0v) is 15.3. The van der Waals surface area contributed by atoms with E-state index in [1.807, 2.05) is 67.8 Å². The van der Waals surface area contributed by atoms with E-state index in [0.717, 1.165) is 16.0 Å². The molecule has 3 rings (SSSR count). The molecule has 0 spiro atoms. The van der Waals surface area contributed by atoms with Crippen LogP contribution in [0.15, 0.2) is 63.0 Å². The lowest BCUT2D eigenvalue weighted by molar-refractivity contribution is 0.879. The third kappa shape index (κ3) is 3.35. The van der Waals surface area contributed by atoms with Gasteiger partial charge in [0.2, 0.25) is 0 Å². The number of nitriles is 1. The summed E-state index contributed by atoms with van der Waals surface area (Å²) in [4.78, 5) is 28.4. The van der Waals surface area contributed by atoms with Crippen LogP contribution in [0.5, 0.6) is 0 Å². The number of nitrogens with one attached hydrogen (secondary N) is 1. The standard InChI is InChI=1S/C20H17N3O2S/c1-13-3-5-14(6-4-13)18-17(11-12-21)19(24)22-20(25)23(18)15-7-9-16(26-2)10-8-15/h3-10H,11H2,1-2H3,(H,22,24,25). The Kier molecular flexibility index (Phi) is 5.10. The molecule has 2 aromatic carbocycles. The maximum absolute atomic E-state index is 12.6. The van der Waals surface area contributed by atoms with E-state index < -0.39 is 11.2 Å². The van der Waals surface area contributed by atoms with Crippen molar-refractivity contribution in [2.75, 3.05) is 6.26 Å². The Hall–Kier alpha value is -3.04. The number of hydrogen-bond donors (Lipinski definition) is 1. The van der Waals surface area contributed by atoms with Crippen LogP contribution in [0.3, 0.4) is 0 Å². The van der Waals surface area contributed by atoms with E-state index in [-0.39, 0.29) is 12.0 Å². The first-order valence-corrected chi connectivity index (χ1v) is 9.24. The Morgan fingerprint density at radius 3 is 2.31 bits per heavy atom. The zero-order valence-electron chi connectivity index (χ0n) is 14.4. The van der Waals surface area contributed by atoms with Crippen molar-refractivity contribution < 1.29 is 0 Å². The fourth-order valence-electron chi connectivity index (χ4n) is 2.81. The number of nitrogens with zero attached hydrogens (tertiary/aromatic N) is 2. The summed E-state index contributed by atoms with van der Waals surface area (Å²) in [6, 6.07) is 17.1. The van der Waals surface area contributed by atoms with E-state index in [2.05, 4.69) is 4.98 Å². The summed E-state index contributed by atoms with van der Waals surface area (Å²) in [5.41, 5.74) is 2.12. The van der Waals surface area contributed by atoms with Crippen LogP contribution in [0.1, 0.15) is 11.1 Å². The molecule has 0 saturated carbocycles. The molecule has 5 nitrogen and oxygen atoms in total. The second kappa shape index (κ2) is 7.46. The van der Waals surface area contributed by atoms with Gasteiger partial charge in [-0.1, -0.05) is 29.8 Å². The highest BCUT2D eigenvalue weighted by atomic mass is 32.2. The third-order valence-electron chi connectivity index (χ3n) is 4.12. The van der Waals surface area contributed by atoms with Crippen LogP contribution in [0.25, 0.3) is 16.9 Å². The second-order valence-electron chi connectivity index (χ2n) is 5.82. The lowest BCUT2D eigenvalue weighted by atomic mass is 10.0. The Balaban J connectivity index is 2.37. The van der Waals surface area contributed by atoms with Gasteiger partial charge in [0.25, 0.3) is 5.56 Å². The van der Waals surface area contributed by atoms with Crippen molar-refractivity contribution in [1.29, 1.82) is 5.26 Å². The van der Waals surface area contributed by atoms with Gasteiger partial charge in [0, 0.05) is 4.90 Å². The highest BCUT2D eigenvalue weighted by Crippen LogP contribution is 2.25. The molecule has 0 unspecified atom stereocenters. The lowest BCUT2D eigenvalue weighted by Crippen LogP contribution is -2.33. The smallest absolute Gasteiger partial charge is 0.273 e. The molecule has 1 N–H and O–H groups in total. The molecule has 6 heteroatoms. The highest BCUT2D eigenvalue weighted by molar-refractivity contribution is 7.98. The SMILES string of the molecule is CSc1ccc(-n2c(-c3ccc(C)cc3)c(CC#N)c(=O)[nH]c2=O)cc1. The number of aromatic amines is 1. The molecule has 0 radical (unpaired) electrons. The zero-order chi connectivity index (χ0) is 18.7. The van der Waals surface area contributed by atoms with E-state index >= 15 is 0 Å². The first-order valence-electron chi connectivity index (χ1n) is 8.01. The molecule has 0 aliphatic heterocycles. The lowest BCUT2D eigenvalue weighted by Gasteiger charge is -2.16. The average Bonchev–Trinajstić information content (AvgIpc) is 2.65. The van der Waals surface area contributed by atoms with Gasteiger partial charge in [0.1, 0.15) is 0 Å². The van der Waals surface area contributed by atoms with Crippen LogP contribution < -0.4 is 11.2 Å². The number of hydrogen-bond acceptors (Lipinski definition) is 4. The van der Waals surface area contributed by atoms with Crippen molar-refractivity contribution in [2.45, 2.75) is 18.2 Å². The molecule has 3 aromatic rings. The molecule has 0 saturated heterocycles. The molecular weight excluding hydrogens is 346 g/mol. The van der Waals surface area contributed by atoms with Gasteiger partial charge in [-0.15, -0.1) is 11.8 Å². The quantitative estimate of drug-likeness (QED) is 0.722. The number of benzene rings is 2. The van der Waals surface area contributed by atoms with Crippen LogP contribution in [0, 0.1) is 18.3 Å². The van der Waals surface area contributed by atoms with Gasteiger partial charge in [0.15, 0.2) is 0 Å². The molecule has 130 valence electrons.